The third kappa shape index (κ3) is 3.68. The number of rotatable bonds is 4. The Morgan fingerprint density at radius 3 is 2.42 bits per heavy atom. The molecule has 0 amide bonds. The fourth-order valence-corrected chi connectivity index (χ4v) is 2.68. The van der Waals surface area contributed by atoms with E-state index in [0.29, 0.717) is 10.7 Å². The van der Waals surface area contributed by atoms with Gasteiger partial charge in [-0.2, -0.15) is 0 Å². The van der Waals surface area contributed by atoms with Gasteiger partial charge in [0.2, 0.25) is 10.0 Å². The van der Waals surface area contributed by atoms with E-state index in [1.54, 1.807) is 42.7 Å². The topological polar surface area (TPSA) is 50.3 Å². The Labute approximate surface area is 117 Å². The van der Waals surface area contributed by atoms with Crippen LogP contribution in [0.1, 0.15) is 5.56 Å². The van der Waals surface area contributed by atoms with Gasteiger partial charge >= 0.3 is 0 Å². The fraction of sp³-hybridized carbons (Fsp3) is 0.154. The number of hydrogen-bond donors (Lipinski definition) is 0. The fourth-order valence-electron chi connectivity index (χ4n) is 1.66. The first-order chi connectivity index (χ1) is 8.97. The van der Waals surface area contributed by atoms with E-state index >= 15 is 0 Å². The number of hydrogen-bond acceptors (Lipinski definition) is 3. The van der Waals surface area contributed by atoms with Crippen molar-refractivity contribution in [1.82, 2.24) is 4.98 Å². The molecule has 0 atom stereocenters. The zero-order valence-corrected chi connectivity index (χ0v) is 11.9. The van der Waals surface area contributed by atoms with Crippen molar-refractivity contribution in [3.05, 3.63) is 59.4 Å². The van der Waals surface area contributed by atoms with Crippen LogP contribution in [0.5, 0.6) is 0 Å². The van der Waals surface area contributed by atoms with Gasteiger partial charge in [0.05, 0.1) is 18.5 Å². The minimum absolute atomic E-state index is 0.244. The molecule has 0 aliphatic heterocycles. The Bertz CT molecular complexity index is 642. The third-order valence-corrected chi connectivity index (χ3v) is 3.96. The Hall–Kier alpha value is -1.59. The van der Waals surface area contributed by atoms with Gasteiger partial charge in [0.25, 0.3) is 0 Å². The van der Waals surface area contributed by atoms with Gasteiger partial charge in [0.15, 0.2) is 0 Å². The second-order valence-corrected chi connectivity index (χ2v) is 6.45. The van der Waals surface area contributed by atoms with E-state index in [1.807, 2.05) is 6.07 Å². The SMILES string of the molecule is CS(=O)(=O)N(Cc1cccnc1)c1ccc(Cl)cc1. The Morgan fingerprint density at radius 2 is 1.89 bits per heavy atom. The highest BCUT2D eigenvalue weighted by Crippen LogP contribution is 2.22. The van der Waals surface area contributed by atoms with Gasteiger partial charge in [0.1, 0.15) is 0 Å². The van der Waals surface area contributed by atoms with Gasteiger partial charge in [-0.1, -0.05) is 17.7 Å². The highest BCUT2D eigenvalue weighted by atomic mass is 35.5. The van der Waals surface area contributed by atoms with Crippen molar-refractivity contribution < 1.29 is 8.42 Å². The van der Waals surface area contributed by atoms with E-state index in [2.05, 4.69) is 4.98 Å². The molecule has 6 heteroatoms. The first kappa shape index (κ1) is 13.8. The molecule has 0 N–H and O–H groups in total. The predicted molar refractivity (Wildman–Crippen MR) is 76.7 cm³/mol. The molecule has 0 radical (unpaired) electrons. The lowest BCUT2D eigenvalue weighted by molar-refractivity contribution is 0.596. The Kier molecular flexibility index (Phi) is 4.07. The molecule has 0 saturated carbocycles. The maximum absolute atomic E-state index is 11.9. The second-order valence-electron chi connectivity index (χ2n) is 4.11. The molecule has 0 bridgehead atoms. The summed E-state index contributed by atoms with van der Waals surface area (Å²) in [7, 11) is -3.37. The average Bonchev–Trinajstić information content (AvgIpc) is 2.37. The van der Waals surface area contributed by atoms with Crippen LogP contribution in [-0.2, 0) is 16.6 Å². The largest absolute Gasteiger partial charge is 0.266 e. The minimum atomic E-state index is -3.37. The van der Waals surface area contributed by atoms with E-state index in [9.17, 15) is 8.42 Å². The smallest absolute Gasteiger partial charge is 0.232 e. The van der Waals surface area contributed by atoms with Gasteiger partial charge in [-0.3, -0.25) is 9.29 Å². The summed E-state index contributed by atoms with van der Waals surface area (Å²) in [5, 5.41) is 0.568. The molecule has 19 heavy (non-hydrogen) atoms. The maximum Gasteiger partial charge on any atom is 0.232 e. The molecular weight excluding hydrogens is 284 g/mol. The molecule has 4 nitrogen and oxygen atoms in total. The standard InChI is InChI=1S/C13H13ClN2O2S/c1-19(17,18)16(10-11-3-2-8-15-9-11)13-6-4-12(14)5-7-13/h2-9H,10H2,1H3. The van der Waals surface area contributed by atoms with Gasteiger partial charge in [-0.25, -0.2) is 8.42 Å². The van der Waals surface area contributed by atoms with Gasteiger partial charge in [-0.15, -0.1) is 0 Å². The van der Waals surface area contributed by atoms with Crippen LogP contribution < -0.4 is 4.31 Å². The van der Waals surface area contributed by atoms with Crippen molar-refractivity contribution in [1.29, 1.82) is 0 Å². The van der Waals surface area contributed by atoms with Crippen molar-refractivity contribution in [2.75, 3.05) is 10.6 Å². The quantitative estimate of drug-likeness (QED) is 0.871. The molecule has 1 heterocycles. The molecule has 0 aliphatic rings. The Balaban J connectivity index is 2.35. The van der Waals surface area contributed by atoms with Crippen molar-refractivity contribution in [2.24, 2.45) is 0 Å². The van der Waals surface area contributed by atoms with E-state index < -0.39 is 10.0 Å². The van der Waals surface area contributed by atoms with Crippen molar-refractivity contribution >= 4 is 27.3 Å². The second kappa shape index (κ2) is 5.59. The van der Waals surface area contributed by atoms with Crippen LogP contribution in [0.25, 0.3) is 0 Å². The number of aromatic nitrogens is 1. The normalized spacial score (nSPS) is 11.3. The van der Waals surface area contributed by atoms with Gasteiger partial charge in [0, 0.05) is 17.4 Å². The van der Waals surface area contributed by atoms with Crippen LogP contribution in [0.15, 0.2) is 48.8 Å². The Morgan fingerprint density at radius 1 is 1.21 bits per heavy atom. The van der Waals surface area contributed by atoms with Crippen LogP contribution in [-0.4, -0.2) is 19.7 Å². The molecule has 2 aromatic rings. The zero-order chi connectivity index (χ0) is 13.9. The molecule has 1 aromatic carbocycles. The van der Waals surface area contributed by atoms with Gasteiger partial charge < -0.3 is 0 Å². The van der Waals surface area contributed by atoms with Crippen molar-refractivity contribution in [2.45, 2.75) is 6.54 Å². The monoisotopic (exact) mass is 296 g/mol. The molecular formula is C13H13ClN2O2S. The van der Waals surface area contributed by atoms with Crippen LogP contribution >= 0.6 is 11.6 Å². The molecule has 0 unspecified atom stereocenters. The summed E-state index contributed by atoms with van der Waals surface area (Å²) < 4.78 is 25.1. The van der Waals surface area contributed by atoms with E-state index in [1.165, 1.54) is 10.6 Å². The average molecular weight is 297 g/mol. The summed E-state index contributed by atoms with van der Waals surface area (Å²) in [4.78, 5) is 3.98. The molecule has 2 rings (SSSR count). The lowest BCUT2D eigenvalue weighted by Gasteiger charge is -2.22. The summed E-state index contributed by atoms with van der Waals surface area (Å²) >= 11 is 5.81. The van der Waals surface area contributed by atoms with Crippen LogP contribution in [0.4, 0.5) is 5.69 Å². The number of pyridine rings is 1. The lowest BCUT2D eigenvalue weighted by atomic mass is 10.2. The van der Waals surface area contributed by atoms with Crippen molar-refractivity contribution in [3.8, 4) is 0 Å². The number of sulfonamides is 1. The van der Waals surface area contributed by atoms with E-state index in [0.717, 1.165) is 5.56 Å². The van der Waals surface area contributed by atoms with Crippen LogP contribution in [0, 0.1) is 0 Å². The van der Waals surface area contributed by atoms with Crippen LogP contribution in [0.3, 0.4) is 0 Å². The zero-order valence-electron chi connectivity index (χ0n) is 10.3. The minimum Gasteiger partial charge on any atom is -0.266 e. The molecule has 0 aliphatic carbocycles. The highest BCUT2D eigenvalue weighted by Gasteiger charge is 2.17. The molecule has 100 valence electrons. The third-order valence-electron chi connectivity index (χ3n) is 2.56. The number of nitrogens with zero attached hydrogens (tertiary/aromatic N) is 2. The molecule has 0 spiro atoms. The molecule has 0 saturated heterocycles. The number of anilines is 1. The van der Waals surface area contributed by atoms with E-state index in [4.69, 9.17) is 11.6 Å². The molecule has 1 aromatic heterocycles. The van der Waals surface area contributed by atoms with Crippen LogP contribution in [0.2, 0.25) is 5.02 Å². The summed E-state index contributed by atoms with van der Waals surface area (Å²) in [6, 6.07) is 10.3. The first-order valence-corrected chi connectivity index (χ1v) is 7.81. The summed E-state index contributed by atoms with van der Waals surface area (Å²) in [5.74, 6) is 0. The van der Waals surface area contributed by atoms with E-state index in [-0.39, 0.29) is 6.54 Å². The lowest BCUT2D eigenvalue weighted by Crippen LogP contribution is -2.29. The predicted octanol–water partition coefficient (Wildman–Crippen LogP) is 2.70. The maximum atomic E-state index is 11.9. The number of benzene rings is 1. The summed E-state index contributed by atoms with van der Waals surface area (Å²) in [6.07, 6.45) is 4.47. The molecule has 0 fully saturated rings. The summed E-state index contributed by atoms with van der Waals surface area (Å²) in [5.41, 5.74) is 1.40. The van der Waals surface area contributed by atoms with Gasteiger partial charge in [-0.05, 0) is 35.9 Å². The van der Waals surface area contributed by atoms with Crippen molar-refractivity contribution in [3.63, 3.8) is 0 Å². The first-order valence-electron chi connectivity index (χ1n) is 5.59. The summed E-state index contributed by atoms with van der Waals surface area (Å²) in [6.45, 7) is 0.244. The number of halogens is 1. The highest BCUT2D eigenvalue weighted by molar-refractivity contribution is 7.92.